The second kappa shape index (κ2) is 6.07. The van der Waals surface area contributed by atoms with E-state index in [9.17, 15) is 4.39 Å². The maximum absolute atomic E-state index is 13.5. The molecule has 1 nitrogen and oxygen atoms in total. The summed E-state index contributed by atoms with van der Waals surface area (Å²) in [7, 11) is 0. The molecule has 0 aliphatic rings. The molecule has 0 fully saturated rings. The van der Waals surface area contributed by atoms with Gasteiger partial charge in [-0.15, -0.1) is 0 Å². The number of hydrogen-bond acceptors (Lipinski definition) is 1. The molecule has 0 amide bonds. The number of rotatable bonds is 4. The molecule has 1 atom stereocenters. The number of aryl methyl sites for hydroxylation is 1. The van der Waals surface area contributed by atoms with E-state index >= 15 is 0 Å². The first-order chi connectivity index (χ1) is 9.10. The highest BCUT2D eigenvalue weighted by molar-refractivity contribution is 6.30. The topological polar surface area (TPSA) is 12.0 Å². The Hall–Kier alpha value is -1.54. The summed E-state index contributed by atoms with van der Waals surface area (Å²) in [6, 6.07) is 13.1. The first-order valence-electron chi connectivity index (χ1n) is 6.38. The molecule has 0 spiro atoms. The zero-order valence-corrected chi connectivity index (χ0v) is 11.8. The molecule has 19 heavy (non-hydrogen) atoms. The molecule has 0 saturated heterocycles. The first kappa shape index (κ1) is 13.9. The van der Waals surface area contributed by atoms with Gasteiger partial charge in [0.2, 0.25) is 0 Å². The van der Waals surface area contributed by atoms with Gasteiger partial charge in [-0.2, -0.15) is 0 Å². The van der Waals surface area contributed by atoms with Crippen LogP contribution in [0.4, 0.5) is 10.1 Å². The van der Waals surface area contributed by atoms with Crippen LogP contribution in [0.2, 0.25) is 5.02 Å². The summed E-state index contributed by atoms with van der Waals surface area (Å²) in [6.07, 6.45) is 0.899. The highest BCUT2D eigenvalue weighted by Gasteiger charge is 2.10. The summed E-state index contributed by atoms with van der Waals surface area (Å²) in [6.45, 7) is 3.84. The predicted octanol–water partition coefficient (Wildman–Crippen LogP) is 5.35. The van der Waals surface area contributed by atoms with E-state index in [1.165, 1.54) is 6.07 Å². The van der Waals surface area contributed by atoms with Crippen LogP contribution >= 0.6 is 11.6 Å². The van der Waals surface area contributed by atoms with Crippen LogP contribution in [0.1, 0.15) is 30.5 Å². The van der Waals surface area contributed by atoms with Crippen LogP contribution < -0.4 is 5.32 Å². The zero-order valence-electron chi connectivity index (χ0n) is 11.1. The molecule has 0 aliphatic carbocycles. The van der Waals surface area contributed by atoms with Gasteiger partial charge in [0.05, 0.1) is 6.04 Å². The molecule has 2 aromatic carbocycles. The van der Waals surface area contributed by atoms with Crippen LogP contribution in [0.3, 0.4) is 0 Å². The molecular weight excluding hydrogens is 261 g/mol. The Morgan fingerprint density at radius 3 is 2.63 bits per heavy atom. The smallest absolute Gasteiger partial charge is 0.128 e. The standard InChI is InChI=1S/C16H17ClFN/c1-3-16(12-5-4-6-13(17)9-12)19-14-8-7-11(2)15(18)10-14/h4-10,16,19H,3H2,1-2H3. The van der Waals surface area contributed by atoms with Crippen LogP contribution in [0.25, 0.3) is 0 Å². The molecule has 0 aromatic heterocycles. The number of hydrogen-bond donors (Lipinski definition) is 1. The Morgan fingerprint density at radius 2 is 2.00 bits per heavy atom. The molecule has 0 bridgehead atoms. The highest BCUT2D eigenvalue weighted by Crippen LogP contribution is 2.25. The third-order valence-corrected chi connectivity index (χ3v) is 3.41. The fraction of sp³-hybridized carbons (Fsp3) is 0.250. The van der Waals surface area contributed by atoms with E-state index in [4.69, 9.17) is 11.6 Å². The van der Waals surface area contributed by atoms with Gasteiger partial charge in [-0.25, -0.2) is 4.39 Å². The van der Waals surface area contributed by atoms with Crippen molar-refractivity contribution < 1.29 is 4.39 Å². The maximum atomic E-state index is 13.5. The van der Waals surface area contributed by atoms with Crippen molar-refractivity contribution in [3.8, 4) is 0 Å². The van der Waals surface area contributed by atoms with Crippen molar-refractivity contribution in [1.29, 1.82) is 0 Å². The normalized spacial score (nSPS) is 12.2. The third-order valence-electron chi connectivity index (χ3n) is 3.17. The number of anilines is 1. The minimum absolute atomic E-state index is 0.126. The lowest BCUT2D eigenvalue weighted by Crippen LogP contribution is -2.09. The lowest BCUT2D eigenvalue weighted by Gasteiger charge is -2.19. The van der Waals surface area contributed by atoms with Gasteiger partial charge in [-0.05, 0) is 48.7 Å². The minimum Gasteiger partial charge on any atom is -0.378 e. The molecule has 1 unspecified atom stereocenters. The number of nitrogens with one attached hydrogen (secondary N) is 1. The predicted molar refractivity (Wildman–Crippen MR) is 79.2 cm³/mol. The van der Waals surface area contributed by atoms with E-state index in [1.54, 1.807) is 13.0 Å². The summed E-state index contributed by atoms with van der Waals surface area (Å²) in [5.74, 6) is -0.189. The van der Waals surface area contributed by atoms with Gasteiger partial charge in [0, 0.05) is 10.7 Å². The van der Waals surface area contributed by atoms with E-state index in [0.717, 1.165) is 17.7 Å². The number of benzene rings is 2. The SMILES string of the molecule is CCC(Nc1ccc(C)c(F)c1)c1cccc(Cl)c1. The average molecular weight is 278 g/mol. The Kier molecular flexibility index (Phi) is 4.43. The minimum atomic E-state index is -0.189. The van der Waals surface area contributed by atoms with Gasteiger partial charge in [-0.1, -0.05) is 36.7 Å². The van der Waals surface area contributed by atoms with Gasteiger partial charge >= 0.3 is 0 Å². The van der Waals surface area contributed by atoms with Crippen LogP contribution in [-0.4, -0.2) is 0 Å². The van der Waals surface area contributed by atoms with Crippen LogP contribution in [-0.2, 0) is 0 Å². The number of halogens is 2. The van der Waals surface area contributed by atoms with Gasteiger partial charge in [0.1, 0.15) is 5.82 Å². The second-order valence-corrected chi connectivity index (χ2v) is 5.06. The molecule has 0 saturated carbocycles. The van der Waals surface area contributed by atoms with Gasteiger partial charge in [0.25, 0.3) is 0 Å². The molecule has 2 aromatic rings. The van der Waals surface area contributed by atoms with Gasteiger partial charge in [0.15, 0.2) is 0 Å². The molecule has 1 N–H and O–H groups in total. The Morgan fingerprint density at radius 1 is 1.21 bits per heavy atom. The monoisotopic (exact) mass is 277 g/mol. The summed E-state index contributed by atoms with van der Waals surface area (Å²) in [5.41, 5.74) is 2.55. The third kappa shape index (κ3) is 3.48. The largest absolute Gasteiger partial charge is 0.378 e. The zero-order chi connectivity index (χ0) is 13.8. The summed E-state index contributed by atoms with van der Waals surface area (Å²) >= 11 is 6.01. The average Bonchev–Trinajstić information content (AvgIpc) is 2.40. The lowest BCUT2D eigenvalue weighted by molar-refractivity contribution is 0.618. The van der Waals surface area contributed by atoms with E-state index in [1.807, 2.05) is 30.3 Å². The Labute approximate surface area is 118 Å². The molecule has 0 radical (unpaired) electrons. The van der Waals surface area contributed by atoms with Crippen molar-refractivity contribution in [3.05, 3.63) is 64.4 Å². The highest BCUT2D eigenvalue weighted by atomic mass is 35.5. The Balaban J connectivity index is 2.21. The van der Waals surface area contributed by atoms with Crippen molar-refractivity contribution in [2.75, 3.05) is 5.32 Å². The fourth-order valence-corrected chi connectivity index (χ4v) is 2.23. The van der Waals surface area contributed by atoms with Crippen molar-refractivity contribution in [1.82, 2.24) is 0 Å². The molecule has 0 heterocycles. The molecule has 2 rings (SSSR count). The molecular formula is C16H17ClFN. The molecule has 0 aliphatic heterocycles. The summed E-state index contributed by atoms with van der Waals surface area (Å²) in [5, 5.41) is 4.06. The van der Waals surface area contributed by atoms with E-state index in [0.29, 0.717) is 10.6 Å². The summed E-state index contributed by atoms with van der Waals surface area (Å²) in [4.78, 5) is 0. The lowest BCUT2D eigenvalue weighted by atomic mass is 10.0. The second-order valence-electron chi connectivity index (χ2n) is 4.62. The quantitative estimate of drug-likeness (QED) is 0.794. The molecule has 3 heteroatoms. The van der Waals surface area contributed by atoms with Crippen LogP contribution in [0.15, 0.2) is 42.5 Å². The Bertz CT molecular complexity index is 568. The van der Waals surface area contributed by atoms with Gasteiger partial charge in [-0.3, -0.25) is 0 Å². The van der Waals surface area contributed by atoms with E-state index in [-0.39, 0.29) is 11.9 Å². The summed E-state index contributed by atoms with van der Waals surface area (Å²) < 4.78 is 13.5. The van der Waals surface area contributed by atoms with Crippen LogP contribution in [0, 0.1) is 12.7 Å². The van der Waals surface area contributed by atoms with Crippen molar-refractivity contribution in [2.45, 2.75) is 26.3 Å². The van der Waals surface area contributed by atoms with Crippen molar-refractivity contribution in [3.63, 3.8) is 0 Å². The van der Waals surface area contributed by atoms with E-state index < -0.39 is 0 Å². The molecule has 100 valence electrons. The van der Waals surface area contributed by atoms with Crippen molar-refractivity contribution in [2.24, 2.45) is 0 Å². The first-order valence-corrected chi connectivity index (χ1v) is 6.76. The van der Waals surface area contributed by atoms with Crippen molar-refractivity contribution >= 4 is 17.3 Å². The maximum Gasteiger partial charge on any atom is 0.128 e. The fourth-order valence-electron chi connectivity index (χ4n) is 2.03. The van der Waals surface area contributed by atoms with Crippen LogP contribution in [0.5, 0.6) is 0 Å². The van der Waals surface area contributed by atoms with E-state index in [2.05, 4.69) is 12.2 Å². The van der Waals surface area contributed by atoms with Gasteiger partial charge < -0.3 is 5.32 Å².